The first-order valence-electron chi connectivity index (χ1n) is 10.5. The van der Waals surface area contributed by atoms with Crippen molar-refractivity contribution in [3.05, 3.63) is 17.5 Å². The highest BCUT2D eigenvalue weighted by molar-refractivity contribution is 7.26. The Hall–Kier alpha value is -1.99. The molecule has 0 saturated carbocycles. The van der Waals surface area contributed by atoms with Crippen molar-refractivity contribution >= 4 is 43.4 Å². The molecule has 5 rings (SSSR count). The van der Waals surface area contributed by atoms with Crippen LogP contribution in [0.25, 0.3) is 20.4 Å². The number of rotatable bonds is 4. The molecule has 1 aliphatic heterocycles. The zero-order valence-electron chi connectivity index (χ0n) is 16.4. The number of thiophene rings is 1. The average molecular weight is 398 g/mol. The third-order valence-corrected chi connectivity index (χ3v) is 7.09. The standard InChI is InChI=1S/C21H27N5OS/c1-13(11-27)24-19-18-17(22-12-23-19)16-14-7-3-4-8-15(14)20(25-21(16)28-18)26-9-5-2-6-10-26/h12-13,27H,2-11H2,1H3,(H,22,23,24)/t13-/m1/s1. The number of piperidine rings is 1. The third kappa shape index (κ3) is 3.01. The average Bonchev–Trinajstić information content (AvgIpc) is 3.13. The van der Waals surface area contributed by atoms with E-state index in [0.717, 1.165) is 46.8 Å². The predicted molar refractivity (Wildman–Crippen MR) is 116 cm³/mol. The van der Waals surface area contributed by atoms with Crippen molar-refractivity contribution in [2.45, 2.75) is 57.9 Å². The minimum Gasteiger partial charge on any atom is -0.394 e. The van der Waals surface area contributed by atoms with Crippen LogP contribution >= 0.6 is 11.3 Å². The summed E-state index contributed by atoms with van der Waals surface area (Å²) in [6, 6.07) is -0.0471. The first-order valence-corrected chi connectivity index (χ1v) is 11.3. The van der Waals surface area contributed by atoms with Crippen molar-refractivity contribution in [1.82, 2.24) is 15.0 Å². The lowest BCUT2D eigenvalue weighted by Crippen LogP contribution is -2.31. The van der Waals surface area contributed by atoms with Gasteiger partial charge in [-0.15, -0.1) is 11.3 Å². The van der Waals surface area contributed by atoms with Gasteiger partial charge in [0.1, 0.15) is 22.8 Å². The second-order valence-corrected chi connectivity index (χ2v) is 9.06. The first kappa shape index (κ1) is 18.1. The third-order valence-electron chi connectivity index (χ3n) is 6.01. The van der Waals surface area contributed by atoms with Gasteiger partial charge < -0.3 is 15.3 Å². The van der Waals surface area contributed by atoms with Crippen LogP contribution in [0.15, 0.2) is 6.33 Å². The summed E-state index contributed by atoms with van der Waals surface area (Å²) in [6.07, 6.45) is 10.2. The van der Waals surface area contributed by atoms with E-state index in [1.54, 1.807) is 17.7 Å². The fraction of sp³-hybridized carbons (Fsp3) is 0.571. The molecule has 1 aliphatic carbocycles. The molecule has 148 valence electrons. The second kappa shape index (κ2) is 7.44. The van der Waals surface area contributed by atoms with Crippen LogP contribution in [-0.2, 0) is 12.8 Å². The number of aromatic nitrogens is 3. The minimum absolute atomic E-state index is 0.0471. The molecule has 0 unspecified atom stereocenters. The van der Waals surface area contributed by atoms with Crippen LogP contribution in [0.1, 0.15) is 50.2 Å². The molecule has 0 aromatic carbocycles. The predicted octanol–water partition coefficient (Wildman–Crippen LogP) is 3.90. The number of nitrogens with one attached hydrogen (secondary N) is 1. The molecule has 6 nitrogen and oxygen atoms in total. The number of hydrogen-bond acceptors (Lipinski definition) is 7. The fourth-order valence-electron chi connectivity index (χ4n) is 4.59. The van der Waals surface area contributed by atoms with Crippen LogP contribution in [-0.4, -0.2) is 45.8 Å². The van der Waals surface area contributed by atoms with Crippen LogP contribution < -0.4 is 10.2 Å². The zero-order valence-corrected chi connectivity index (χ0v) is 17.2. The SMILES string of the molecule is C[C@H](CO)Nc1ncnc2c1sc1nc(N3CCCCC3)c3c(c12)CCCC3. The summed E-state index contributed by atoms with van der Waals surface area (Å²) in [6.45, 7) is 4.27. The van der Waals surface area contributed by atoms with Crippen LogP contribution in [0, 0.1) is 0 Å². The maximum atomic E-state index is 9.43. The Bertz CT molecular complexity index is 1010. The number of nitrogens with zero attached hydrogens (tertiary/aromatic N) is 4. The molecule has 4 heterocycles. The lowest BCUT2D eigenvalue weighted by molar-refractivity contribution is 0.281. The number of hydrogen-bond donors (Lipinski definition) is 2. The molecule has 1 atom stereocenters. The Morgan fingerprint density at radius 1 is 1.11 bits per heavy atom. The molecule has 2 aliphatic rings. The maximum Gasteiger partial charge on any atom is 0.147 e. The molecule has 3 aromatic heterocycles. The van der Waals surface area contributed by atoms with E-state index in [2.05, 4.69) is 20.2 Å². The van der Waals surface area contributed by atoms with E-state index in [-0.39, 0.29) is 12.6 Å². The molecular weight excluding hydrogens is 370 g/mol. The van der Waals surface area contributed by atoms with Gasteiger partial charge in [0, 0.05) is 24.5 Å². The van der Waals surface area contributed by atoms with Gasteiger partial charge in [-0.2, -0.15) is 0 Å². The van der Waals surface area contributed by atoms with Gasteiger partial charge in [0.05, 0.1) is 16.8 Å². The highest BCUT2D eigenvalue weighted by atomic mass is 32.1. The summed E-state index contributed by atoms with van der Waals surface area (Å²) >= 11 is 1.68. The van der Waals surface area contributed by atoms with Crippen molar-refractivity contribution < 1.29 is 5.11 Å². The number of fused-ring (bicyclic) bond motifs is 5. The van der Waals surface area contributed by atoms with Gasteiger partial charge in [0.15, 0.2) is 0 Å². The summed E-state index contributed by atoms with van der Waals surface area (Å²) in [5, 5.41) is 14.0. The Morgan fingerprint density at radius 3 is 2.68 bits per heavy atom. The van der Waals surface area contributed by atoms with Crippen molar-refractivity contribution in [2.75, 3.05) is 29.9 Å². The van der Waals surface area contributed by atoms with Gasteiger partial charge in [-0.25, -0.2) is 15.0 Å². The van der Waals surface area contributed by atoms with E-state index in [0.29, 0.717) is 0 Å². The van der Waals surface area contributed by atoms with Crippen LogP contribution in [0.2, 0.25) is 0 Å². The van der Waals surface area contributed by atoms with Gasteiger partial charge in [-0.3, -0.25) is 0 Å². The lowest BCUT2D eigenvalue weighted by atomic mass is 9.89. The quantitative estimate of drug-likeness (QED) is 0.695. The number of aliphatic hydroxyl groups is 1. The molecule has 0 amide bonds. The first-order chi connectivity index (χ1) is 13.8. The largest absolute Gasteiger partial charge is 0.394 e. The van der Waals surface area contributed by atoms with Gasteiger partial charge in [0.25, 0.3) is 0 Å². The van der Waals surface area contributed by atoms with Crippen LogP contribution in [0.4, 0.5) is 11.6 Å². The summed E-state index contributed by atoms with van der Waals surface area (Å²) in [7, 11) is 0. The van der Waals surface area contributed by atoms with Crippen molar-refractivity contribution in [1.29, 1.82) is 0 Å². The normalized spacial score (nSPS) is 18.4. The zero-order chi connectivity index (χ0) is 19.1. The summed E-state index contributed by atoms with van der Waals surface area (Å²) in [4.78, 5) is 17.9. The Kier molecular flexibility index (Phi) is 4.80. The number of pyridine rings is 1. The number of anilines is 2. The van der Waals surface area contributed by atoms with E-state index >= 15 is 0 Å². The van der Waals surface area contributed by atoms with Crippen LogP contribution in [0.3, 0.4) is 0 Å². The highest BCUT2D eigenvalue weighted by Gasteiger charge is 2.26. The van der Waals surface area contributed by atoms with E-state index in [1.807, 2.05) is 6.92 Å². The van der Waals surface area contributed by atoms with Crippen molar-refractivity contribution in [2.24, 2.45) is 0 Å². The summed E-state index contributed by atoms with van der Waals surface area (Å²) in [5.74, 6) is 2.03. The molecule has 1 saturated heterocycles. The van der Waals surface area contributed by atoms with Gasteiger partial charge >= 0.3 is 0 Å². The molecule has 0 radical (unpaired) electrons. The van der Waals surface area contributed by atoms with Crippen molar-refractivity contribution in [3.63, 3.8) is 0 Å². The number of aryl methyl sites for hydroxylation is 1. The lowest BCUT2D eigenvalue weighted by Gasteiger charge is -2.31. The van der Waals surface area contributed by atoms with Crippen LogP contribution in [0.5, 0.6) is 0 Å². The highest BCUT2D eigenvalue weighted by Crippen LogP contribution is 2.43. The molecule has 7 heteroatoms. The van der Waals surface area contributed by atoms with Gasteiger partial charge in [-0.1, -0.05) is 0 Å². The molecule has 28 heavy (non-hydrogen) atoms. The second-order valence-electron chi connectivity index (χ2n) is 8.06. The minimum atomic E-state index is -0.0471. The van der Waals surface area contributed by atoms with E-state index < -0.39 is 0 Å². The van der Waals surface area contributed by atoms with E-state index in [1.165, 1.54) is 54.4 Å². The fourth-order valence-corrected chi connectivity index (χ4v) is 5.70. The van der Waals surface area contributed by atoms with E-state index in [9.17, 15) is 5.11 Å². The van der Waals surface area contributed by atoms with Crippen molar-refractivity contribution in [3.8, 4) is 0 Å². The number of aliphatic hydroxyl groups excluding tert-OH is 1. The Morgan fingerprint density at radius 2 is 1.89 bits per heavy atom. The Balaban J connectivity index is 1.72. The van der Waals surface area contributed by atoms with Gasteiger partial charge in [-0.05, 0) is 63.0 Å². The molecule has 2 N–H and O–H groups in total. The molecular formula is C21H27N5OS. The molecule has 0 bridgehead atoms. The molecule has 3 aromatic rings. The topological polar surface area (TPSA) is 74.2 Å². The van der Waals surface area contributed by atoms with E-state index in [4.69, 9.17) is 4.98 Å². The monoisotopic (exact) mass is 397 g/mol. The molecule has 0 spiro atoms. The molecule has 1 fully saturated rings. The summed E-state index contributed by atoms with van der Waals surface area (Å²) < 4.78 is 1.05. The maximum absolute atomic E-state index is 9.43. The Labute approximate surface area is 169 Å². The smallest absolute Gasteiger partial charge is 0.147 e. The van der Waals surface area contributed by atoms with Gasteiger partial charge in [0.2, 0.25) is 0 Å². The summed E-state index contributed by atoms with van der Waals surface area (Å²) in [5.41, 5.74) is 3.93.